The monoisotopic (exact) mass is 392 g/mol. The van der Waals surface area contributed by atoms with E-state index in [2.05, 4.69) is 22.2 Å². The first-order valence-corrected chi connectivity index (χ1v) is 10.3. The molecule has 2 aromatic heterocycles. The number of benzene rings is 1. The van der Waals surface area contributed by atoms with Gasteiger partial charge in [0.15, 0.2) is 5.76 Å². The Balaban J connectivity index is 1.52. The summed E-state index contributed by atoms with van der Waals surface area (Å²) < 4.78 is 7.49. The van der Waals surface area contributed by atoms with Crippen molar-refractivity contribution in [2.45, 2.75) is 26.7 Å². The summed E-state index contributed by atoms with van der Waals surface area (Å²) in [6, 6.07) is 13.5. The summed E-state index contributed by atoms with van der Waals surface area (Å²) >= 11 is 0. The largest absolute Gasteiger partial charge is 0.460 e. The van der Waals surface area contributed by atoms with Crippen LogP contribution >= 0.6 is 0 Å². The van der Waals surface area contributed by atoms with Crippen molar-refractivity contribution in [3.05, 3.63) is 60.0 Å². The SMILES string of the molecule is Cc1ccc(-c2nn(-c3ccccc3)cc2C(=O)NCC(C)CN2CCCC2)o1. The second-order valence-corrected chi connectivity index (χ2v) is 7.90. The average Bonchev–Trinajstić information content (AvgIpc) is 3.47. The molecule has 1 unspecified atom stereocenters. The standard InChI is InChI=1S/C23H28N4O2/c1-17(15-26-12-6-7-13-26)14-24-23(28)20-16-27(19-8-4-3-5-9-19)25-22(20)21-11-10-18(2)29-21/h3-5,8-11,16-17H,6-7,12-15H2,1-2H3,(H,24,28). The van der Waals surface area contributed by atoms with E-state index in [-0.39, 0.29) is 5.91 Å². The molecule has 0 saturated carbocycles. The first kappa shape index (κ1) is 19.5. The number of nitrogens with zero attached hydrogens (tertiary/aromatic N) is 3. The van der Waals surface area contributed by atoms with Gasteiger partial charge in [0.2, 0.25) is 0 Å². The number of carbonyl (C=O) groups is 1. The van der Waals surface area contributed by atoms with Gasteiger partial charge < -0.3 is 14.6 Å². The number of para-hydroxylation sites is 1. The topological polar surface area (TPSA) is 63.3 Å². The Morgan fingerprint density at radius 1 is 1.17 bits per heavy atom. The summed E-state index contributed by atoms with van der Waals surface area (Å²) in [6.07, 6.45) is 4.34. The number of hydrogen-bond donors (Lipinski definition) is 1. The van der Waals surface area contributed by atoms with Crippen molar-refractivity contribution in [2.75, 3.05) is 26.2 Å². The third-order valence-corrected chi connectivity index (χ3v) is 5.33. The zero-order valence-electron chi connectivity index (χ0n) is 17.1. The lowest BCUT2D eigenvalue weighted by Gasteiger charge is -2.20. The molecule has 3 aromatic rings. The Bertz CT molecular complexity index is 954. The van der Waals surface area contributed by atoms with Crippen molar-refractivity contribution < 1.29 is 9.21 Å². The smallest absolute Gasteiger partial charge is 0.255 e. The van der Waals surface area contributed by atoms with Crippen LogP contribution in [0.3, 0.4) is 0 Å². The number of amides is 1. The lowest BCUT2D eigenvalue weighted by atomic mass is 10.1. The average molecular weight is 393 g/mol. The van der Waals surface area contributed by atoms with Gasteiger partial charge in [-0.3, -0.25) is 4.79 Å². The van der Waals surface area contributed by atoms with Crippen LogP contribution in [0, 0.1) is 12.8 Å². The van der Waals surface area contributed by atoms with Crippen LogP contribution < -0.4 is 5.32 Å². The number of rotatable bonds is 7. The number of aryl methyl sites for hydroxylation is 1. The maximum atomic E-state index is 13.0. The molecule has 1 N–H and O–H groups in total. The van der Waals surface area contributed by atoms with E-state index in [0.717, 1.165) is 18.0 Å². The van der Waals surface area contributed by atoms with E-state index in [1.165, 1.54) is 25.9 Å². The summed E-state index contributed by atoms with van der Waals surface area (Å²) in [7, 11) is 0. The molecule has 1 amide bonds. The highest BCUT2D eigenvalue weighted by molar-refractivity contribution is 5.99. The first-order chi connectivity index (χ1) is 14.1. The number of aromatic nitrogens is 2. The molecule has 0 bridgehead atoms. The summed E-state index contributed by atoms with van der Waals surface area (Å²) in [5, 5.41) is 7.74. The summed E-state index contributed by atoms with van der Waals surface area (Å²) in [6.45, 7) is 8.07. The number of hydrogen-bond acceptors (Lipinski definition) is 4. The van der Waals surface area contributed by atoms with Crippen molar-refractivity contribution >= 4 is 5.91 Å². The Morgan fingerprint density at radius 2 is 1.93 bits per heavy atom. The van der Waals surface area contributed by atoms with Crippen molar-refractivity contribution in [2.24, 2.45) is 5.92 Å². The molecule has 1 aliphatic heterocycles. The van der Waals surface area contributed by atoms with E-state index >= 15 is 0 Å². The van der Waals surface area contributed by atoms with Crippen molar-refractivity contribution in [3.63, 3.8) is 0 Å². The van der Waals surface area contributed by atoms with Gasteiger partial charge in [0.25, 0.3) is 5.91 Å². The van der Waals surface area contributed by atoms with Gasteiger partial charge in [0, 0.05) is 19.3 Å². The molecular formula is C23H28N4O2. The van der Waals surface area contributed by atoms with E-state index in [4.69, 9.17) is 4.42 Å². The second-order valence-electron chi connectivity index (χ2n) is 7.90. The second kappa shape index (κ2) is 8.66. The summed E-state index contributed by atoms with van der Waals surface area (Å²) in [5.41, 5.74) is 1.99. The van der Waals surface area contributed by atoms with Crippen LogP contribution in [0.15, 0.2) is 53.1 Å². The fourth-order valence-electron chi connectivity index (χ4n) is 3.83. The predicted molar refractivity (Wildman–Crippen MR) is 113 cm³/mol. The quantitative estimate of drug-likeness (QED) is 0.662. The lowest BCUT2D eigenvalue weighted by molar-refractivity contribution is 0.0945. The van der Waals surface area contributed by atoms with Crippen LogP contribution in [0.25, 0.3) is 17.1 Å². The molecular weight excluding hydrogens is 364 g/mol. The Labute approximate surface area is 171 Å². The van der Waals surface area contributed by atoms with Crippen LogP contribution in [0.2, 0.25) is 0 Å². The van der Waals surface area contributed by atoms with E-state index in [1.807, 2.05) is 49.4 Å². The fourth-order valence-corrected chi connectivity index (χ4v) is 3.83. The third-order valence-electron chi connectivity index (χ3n) is 5.33. The Hall–Kier alpha value is -2.86. The summed E-state index contributed by atoms with van der Waals surface area (Å²) in [5.74, 6) is 1.67. The Morgan fingerprint density at radius 3 is 2.62 bits per heavy atom. The zero-order chi connectivity index (χ0) is 20.2. The van der Waals surface area contributed by atoms with Gasteiger partial charge in [-0.05, 0) is 63.0 Å². The normalized spacial score (nSPS) is 15.5. The molecule has 1 saturated heterocycles. The van der Waals surface area contributed by atoms with E-state index in [0.29, 0.717) is 29.5 Å². The van der Waals surface area contributed by atoms with Crippen LogP contribution in [0.1, 0.15) is 35.9 Å². The minimum atomic E-state index is -0.121. The molecule has 152 valence electrons. The molecule has 0 aliphatic carbocycles. The van der Waals surface area contributed by atoms with Gasteiger partial charge in [-0.25, -0.2) is 4.68 Å². The maximum absolute atomic E-state index is 13.0. The number of likely N-dealkylation sites (tertiary alicyclic amines) is 1. The van der Waals surface area contributed by atoms with E-state index in [9.17, 15) is 4.79 Å². The van der Waals surface area contributed by atoms with Crippen LogP contribution in [0.4, 0.5) is 0 Å². The molecule has 0 spiro atoms. The highest BCUT2D eigenvalue weighted by atomic mass is 16.3. The van der Waals surface area contributed by atoms with E-state index < -0.39 is 0 Å². The predicted octanol–water partition coefficient (Wildman–Crippen LogP) is 3.90. The Kier molecular flexibility index (Phi) is 5.81. The highest BCUT2D eigenvalue weighted by Crippen LogP contribution is 2.25. The molecule has 6 heteroatoms. The first-order valence-electron chi connectivity index (χ1n) is 10.3. The molecule has 0 radical (unpaired) electrons. The minimum absolute atomic E-state index is 0.121. The van der Waals surface area contributed by atoms with Crippen molar-refractivity contribution in [3.8, 4) is 17.1 Å². The molecule has 1 atom stereocenters. The van der Waals surface area contributed by atoms with Gasteiger partial charge in [0.1, 0.15) is 11.5 Å². The molecule has 29 heavy (non-hydrogen) atoms. The lowest BCUT2D eigenvalue weighted by Crippen LogP contribution is -2.34. The highest BCUT2D eigenvalue weighted by Gasteiger charge is 2.22. The van der Waals surface area contributed by atoms with Crippen LogP contribution in [-0.2, 0) is 0 Å². The van der Waals surface area contributed by atoms with Crippen molar-refractivity contribution in [1.82, 2.24) is 20.0 Å². The maximum Gasteiger partial charge on any atom is 0.255 e. The van der Waals surface area contributed by atoms with E-state index in [1.54, 1.807) is 10.9 Å². The van der Waals surface area contributed by atoms with Crippen LogP contribution in [-0.4, -0.2) is 46.8 Å². The number of furan rings is 1. The van der Waals surface area contributed by atoms with Crippen molar-refractivity contribution in [1.29, 1.82) is 0 Å². The molecule has 1 aromatic carbocycles. The van der Waals surface area contributed by atoms with Gasteiger partial charge in [-0.2, -0.15) is 5.10 Å². The van der Waals surface area contributed by atoms with Gasteiger partial charge >= 0.3 is 0 Å². The fraction of sp³-hybridized carbons (Fsp3) is 0.391. The number of nitrogens with one attached hydrogen (secondary N) is 1. The summed E-state index contributed by atoms with van der Waals surface area (Å²) in [4.78, 5) is 15.5. The molecule has 6 nitrogen and oxygen atoms in total. The molecule has 1 fully saturated rings. The third kappa shape index (κ3) is 4.59. The van der Waals surface area contributed by atoms with Crippen LogP contribution in [0.5, 0.6) is 0 Å². The molecule has 1 aliphatic rings. The van der Waals surface area contributed by atoms with Gasteiger partial charge in [-0.15, -0.1) is 0 Å². The zero-order valence-corrected chi connectivity index (χ0v) is 17.1. The minimum Gasteiger partial charge on any atom is -0.460 e. The molecule has 3 heterocycles. The number of carbonyl (C=O) groups excluding carboxylic acids is 1. The van der Waals surface area contributed by atoms with Gasteiger partial charge in [-0.1, -0.05) is 25.1 Å². The van der Waals surface area contributed by atoms with Gasteiger partial charge in [0.05, 0.1) is 11.3 Å². The molecule has 4 rings (SSSR count).